The zero-order valence-corrected chi connectivity index (χ0v) is 20.4. The number of allylic oxidation sites excluding steroid dienone is 1. The molecule has 0 spiro atoms. The van der Waals surface area contributed by atoms with Gasteiger partial charge < -0.3 is 10.2 Å². The second-order valence-electron chi connectivity index (χ2n) is 8.74. The van der Waals surface area contributed by atoms with Gasteiger partial charge in [0.1, 0.15) is 12.1 Å². The minimum absolute atomic E-state index is 0.118. The van der Waals surface area contributed by atoms with Gasteiger partial charge in [0.25, 0.3) is 0 Å². The van der Waals surface area contributed by atoms with Crippen LogP contribution in [0.15, 0.2) is 43.2 Å². The number of hydrogen-bond acceptors (Lipinski definition) is 5. The number of halogens is 3. The summed E-state index contributed by atoms with van der Waals surface area (Å²) in [5.41, 5.74) is 2.08. The van der Waals surface area contributed by atoms with Crippen LogP contribution in [0.4, 0.5) is 15.9 Å². The number of nitrogens with zero attached hydrogens (tertiary/aromatic N) is 3. The van der Waals surface area contributed by atoms with Crippen LogP contribution < -0.4 is 5.32 Å². The van der Waals surface area contributed by atoms with Crippen LogP contribution in [0.5, 0.6) is 0 Å². The number of fused-ring (bicyclic) bond motifs is 1. The summed E-state index contributed by atoms with van der Waals surface area (Å²) in [5, 5.41) is 3.53. The molecule has 34 heavy (non-hydrogen) atoms. The Morgan fingerprint density at radius 2 is 2.15 bits per heavy atom. The molecule has 0 aliphatic carbocycles. The number of aromatic nitrogens is 2. The first-order chi connectivity index (χ1) is 16.2. The predicted molar refractivity (Wildman–Crippen MR) is 135 cm³/mol. The van der Waals surface area contributed by atoms with E-state index in [2.05, 4.69) is 52.6 Å². The molecule has 1 atom stereocenters. The summed E-state index contributed by atoms with van der Waals surface area (Å²) in [5.74, 6) is 6.27. The molecule has 0 bridgehead atoms. The van der Waals surface area contributed by atoms with E-state index in [9.17, 15) is 9.18 Å². The topological polar surface area (TPSA) is 58.1 Å². The normalized spacial score (nSPS) is 17.9. The van der Waals surface area contributed by atoms with Gasteiger partial charge in [0, 0.05) is 29.3 Å². The maximum atomic E-state index is 14.6. The SMILES string of the molecule is C=CC(=O)Cc1cc2c(Nc3ccc(Cl)c(Cl)c3F)ncnc2cc1C#CC1(C)CCN(C)C1. The average Bonchev–Trinajstić information content (AvgIpc) is 3.16. The summed E-state index contributed by atoms with van der Waals surface area (Å²) in [4.78, 5) is 23.1. The van der Waals surface area contributed by atoms with Crippen molar-refractivity contribution < 1.29 is 9.18 Å². The molecule has 3 aromatic rings. The van der Waals surface area contributed by atoms with E-state index in [1.54, 1.807) is 0 Å². The molecule has 4 rings (SSSR count). The second kappa shape index (κ2) is 9.71. The largest absolute Gasteiger partial charge is 0.337 e. The fourth-order valence-electron chi connectivity index (χ4n) is 4.03. The Labute approximate surface area is 208 Å². The molecular weight excluding hydrogens is 474 g/mol. The van der Waals surface area contributed by atoms with Gasteiger partial charge in [-0.25, -0.2) is 14.4 Å². The molecule has 1 N–H and O–H groups in total. The Hall–Kier alpha value is -2.98. The highest BCUT2D eigenvalue weighted by atomic mass is 35.5. The Bertz CT molecular complexity index is 1360. The molecule has 2 heterocycles. The van der Waals surface area contributed by atoms with Crippen LogP contribution >= 0.6 is 23.2 Å². The van der Waals surface area contributed by atoms with Gasteiger partial charge in [0.2, 0.25) is 0 Å². The van der Waals surface area contributed by atoms with Crippen LogP contribution in [0.3, 0.4) is 0 Å². The van der Waals surface area contributed by atoms with E-state index in [4.69, 9.17) is 23.2 Å². The Kier molecular flexibility index (Phi) is 6.90. The number of hydrogen-bond donors (Lipinski definition) is 1. The first kappa shape index (κ1) is 24.2. The van der Waals surface area contributed by atoms with E-state index in [-0.39, 0.29) is 33.4 Å². The predicted octanol–water partition coefficient (Wildman–Crippen LogP) is 5.81. The molecule has 0 radical (unpaired) electrons. The third-order valence-electron chi connectivity index (χ3n) is 5.90. The molecule has 1 saturated heterocycles. The van der Waals surface area contributed by atoms with Crippen LogP contribution in [0.25, 0.3) is 10.9 Å². The standard InChI is InChI=1S/C26H23Cl2FN4O/c1-4-18(34)11-17-12-19-22(13-16(17)7-8-26(2)9-10-33(3)14-26)30-15-31-25(19)32-21-6-5-20(27)23(28)24(21)29/h4-6,12-13,15H,1,9-11,14H2,2-3H3,(H,30,31,32). The fraction of sp³-hybridized carbons (Fsp3) is 0.269. The summed E-state index contributed by atoms with van der Waals surface area (Å²) in [7, 11) is 2.08. The Morgan fingerprint density at radius 1 is 1.35 bits per heavy atom. The Balaban J connectivity index is 1.79. The molecule has 1 unspecified atom stereocenters. The number of nitrogens with one attached hydrogen (secondary N) is 1. The van der Waals surface area contributed by atoms with Gasteiger partial charge in [-0.3, -0.25) is 4.79 Å². The molecule has 1 aliphatic rings. The lowest BCUT2D eigenvalue weighted by Gasteiger charge is -2.16. The van der Waals surface area contributed by atoms with E-state index < -0.39 is 5.82 Å². The summed E-state index contributed by atoms with van der Waals surface area (Å²) >= 11 is 11.8. The van der Waals surface area contributed by atoms with Crippen molar-refractivity contribution in [3.8, 4) is 11.8 Å². The number of ketones is 1. The molecule has 5 nitrogen and oxygen atoms in total. The van der Waals surface area contributed by atoms with Crippen molar-refractivity contribution in [3.63, 3.8) is 0 Å². The van der Waals surface area contributed by atoms with E-state index >= 15 is 0 Å². The minimum Gasteiger partial charge on any atom is -0.337 e. The number of benzene rings is 2. The molecule has 2 aromatic carbocycles. The van der Waals surface area contributed by atoms with Gasteiger partial charge in [-0.2, -0.15) is 0 Å². The van der Waals surface area contributed by atoms with Crippen molar-refractivity contribution in [1.82, 2.24) is 14.9 Å². The highest BCUT2D eigenvalue weighted by Gasteiger charge is 2.30. The first-order valence-electron chi connectivity index (χ1n) is 10.7. The van der Waals surface area contributed by atoms with Crippen LogP contribution in [-0.2, 0) is 11.2 Å². The van der Waals surface area contributed by atoms with Gasteiger partial charge in [0.05, 0.1) is 21.2 Å². The fourth-order valence-corrected chi connectivity index (χ4v) is 4.34. The number of carbonyl (C=O) groups excluding carboxylic acids is 1. The van der Waals surface area contributed by atoms with Crippen LogP contribution in [0, 0.1) is 23.1 Å². The quantitative estimate of drug-likeness (QED) is 0.274. The van der Waals surface area contributed by atoms with Gasteiger partial charge in [-0.05, 0) is 62.8 Å². The lowest BCUT2D eigenvalue weighted by molar-refractivity contribution is -0.114. The van der Waals surface area contributed by atoms with Crippen molar-refractivity contribution in [2.75, 3.05) is 25.5 Å². The molecule has 0 amide bonds. The smallest absolute Gasteiger partial charge is 0.166 e. The van der Waals surface area contributed by atoms with Crippen molar-refractivity contribution in [1.29, 1.82) is 0 Å². The molecule has 1 aromatic heterocycles. The monoisotopic (exact) mass is 496 g/mol. The van der Waals surface area contributed by atoms with Gasteiger partial charge in [0.15, 0.2) is 11.6 Å². The van der Waals surface area contributed by atoms with Crippen LogP contribution in [0.1, 0.15) is 24.5 Å². The summed E-state index contributed by atoms with van der Waals surface area (Å²) in [6.07, 6.45) is 3.80. The molecular formula is C26H23Cl2FN4O. The number of anilines is 2. The van der Waals surface area contributed by atoms with E-state index in [0.717, 1.165) is 30.6 Å². The van der Waals surface area contributed by atoms with E-state index in [1.807, 2.05) is 12.1 Å². The maximum Gasteiger partial charge on any atom is 0.166 e. The number of carbonyl (C=O) groups is 1. The van der Waals surface area contributed by atoms with E-state index in [0.29, 0.717) is 16.7 Å². The first-order valence-corrected chi connectivity index (χ1v) is 11.5. The Morgan fingerprint density at radius 3 is 2.85 bits per heavy atom. The number of likely N-dealkylation sites (tertiary alicyclic amines) is 1. The van der Waals surface area contributed by atoms with Crippen LogP contribution in [-0.4, -0.2) is 40.8 Å². The molecule has 1 fully saturated rings. The van der Waals surface area contributed by atoms with Crippen molar-refractivity contribution in [3.05, 3.63) is 70.2 Å². The highest BCUT2D eigenvalue weighted by Crippen LogP contribution is 2.33. The van der Waals surface area contributed by atoms with Crippen molar-refractivity contribution in [2.24, 2.45) is 5.41 Å². The zero-order valence-electron chi connectivity index (χ0n) is 18.9. The highest BCUT2D eigenvalue weighted by molar-refractivity contribution is 6.42. The third kappa shape index (κ3) is 5.07. The van der Waals surface area contributed by atoms with Crippen molar-refractivity contribution >= 4 is 51.4 Å². The zero-order chi connectivity index (χ0) is 24.5. The molecule has 8 heteroatoms. The van der Waals surface area contributed by atoms with Gasteiger partial charge in [-0.1, -0.05) is 41.6 Å². The lowest BCUT2D eigenvalue weighted by Crippen LogP contribution is -2.20. The maximum absolute atomic E-state index is 14.6. The van der Waals surface area contributed by atoms with Crippen LogP contribution in [0.2, 0.25) is 10.0 Å². The van der Waals surface area contributed by atoms with Crippen molar-refractivity contribution in [2.45, 2.75) is 19.8 Å². The third-order valence-corrected chi connectivity index (χ3v) is 6.69. The van der Waals surface area contributed by atoms with E-state index in [1.165, 1.54) is 24.5 Å². The average molecular weight is 497 g/mol. The molecule has 174 valence electrons. The summed E-state index contributed by atoms with van der Waals surface area (Å²) in [6, 6.07) is 6.65. The summed E-state index contributed by atoms with van der Waals surface area (Å²) in [6.45, 7) is 7.62. The number of rotatable bonds is 5. The molecule has 1 aliphatic heterocycles. The van der Waals surface area contributed by atoms with Gasteiger partial charge >= 0.3 is 0 Å². The van der Waals surface area contributed by atoms with Gasteiger partial charge in [-0.15, -0.1) is 0 Å². The second-order valence-corrected chi connectivity index (χ2v) is 9.53. The molecule has 0 saturated carbocycles. The lowest BCUT2D eigenvalue weighted by atomic mass is 9.89. The minimum atomic E-state index is -0.680. The summed E-state index contributed by atoms with van der Waals surface area (Å²) < 4.78 is 14.6.